The summed E-state index contributed by atoms with van der Waals surface area (Å²) in [6.07, 6.45) is 5.11. The van der Waals surface area contributed by atoms with E-state index in [-0.39, 0.29) is 5.54 Å². The van der Waals surface area contributed by atoms with Crippen LogP contribution in [0.25, 0.3) is 0 Å². The number of hydrogen-bond donors (Lipinski definition) is 1. The largest absolute Gasteiger partial charge is 0.378 e. The first-order valence-corrected chi connectivity index (χ1v) is 6.15. The van der Waals surface area contributed by atoms with Gasteiger partial charge in [0.25, 0.3) is 0 Å². The molecule has 1 fully saturated rings. The van der Waals surface area contributed by atoms with Crippen molar-refractivity contribution in [2.45, 2.75) is 37.6 Å². The Balaban J connectivity index is 2.22. The lowest BCUT2D eigenvalue weighted by atomic mass is 9.88. The average Bonchev–Trinajstić information content (AvgIpc) is 2.80. The first-order chi connectivity index (χ1) is 8.27. The molecule has 1 aromatic rings. The van der Waals surface area contributed by atoms with Crippen molar-refractivity contribution < 1.29 is 0 Å². The molecule has 1 aliphatic rings. The lowest BCUT2D eigenvalue weighted by Crippen LogP contribution is -2.38. The molecule has 0 unspecified atom stereocenters. The number of hydrogen-bond acceptors (Lipinski definition) is 2. The highest BCUT2D eigenvalue weighted by Crippen LogP contribution is 2.39. The molecule has 1 N–H and O–H groups in total. The fourth-order valence-electron chi connectivity index (χ4n) is 2.70. The summed E-state index contributed by atoms with van der Waals surface area (Å²) < 4.78 is 0. The van der Waals surface area contributed by atoms with Gasteiger partial charge >= 0.3 is 0 Å². The number of nitriles is 1. The maximum atomic E-state index is 8.71. The molecule has 0 saturated heterocycles. The van der Waals surface area contributed by atoms with E-state index in [2.05, 4.69) is 42.2 Å². The molecular weight excluding hydrogens is 208 g/mol. The van der Waals surface area contributed by atoms with E-state index in [1.54, 1.807) is 0 Å². The molecule has 0 aromatic heterocycles. The van der Waals surface area contributed by atoms with Gasteiger partial charge in [-0.05, 0) is 18.4 Å². The van der Waals surface area contributed by atoms with Gasteiger partial charge in [0.2, 0.25) is 0 Å². The van der Waals surface area contributed by atoms with Crippen molar-refractivity contribution >= 4 is 0 Å². The minimum absolute atomic E-state index is 0.00912. The second-order valence-corrected chi connectivity index (χ2v) is 4.72. The highest BCUT2D eigenvalue weighted by atomic mass is 15.0. The molecule has 0 heterocycles. The highest BCUT2D eigenvalue weighted by Gasteiger charge is 2.35. The normalized spacial score (nSPS) is 17.4. The second kappa shape index (κ2) is 5.05. The predicted molar refractivity (Wildman–Crippen MR) is 69.1 cm³/mol. The summed E-state index contributed by atoms with van der Waals surface area (Å²) in [7, 11) is 0. The van der Waals surface area contributed by atoms with Crippen molar-refractivity contribution in [3.05, 3.63) is 48.2 Å². The van der Waals surface area contributed by atoms with Crippen LogP contribution in [0.5, 0.6) is 0 Å². The molecule has 0 radical (unpaired) electrons. The number of rotatable bonds is 4. The Morgan fingerprint density at radius 2 is 1.94 bits per heavy atom. The van der Waals surface area contributed by atoms with Crippen molar-refractivity contribution in [2.24, 2.45) is 0 Å². The lowest BCUT2D eigenvalue weighted by molar-refractivity contribution is 0.374. The van der Waals surface area contributed by atoms with Crippen LogP contribution in [0.3, 0.4) is 0 Å². The Labute approximate surface area is 103 Å². The zero-order chi connectivity index (χ0) is 12.1. The maximum absolute atomic E-state index is 8.71. The third kappa shape index (κ3) is 2.50. The standard InChI is InChI=1S/C15H18N2/c1-13(9-12-16)17-15(10-5-6-11-15)14-7-3-2-4-8-14/h2-4,7-8,17H,1,5-6,9-11H2. The van der Waals surface area contributed by atoms with E-state index in [9.17, 15) is 0 Å². The van der Waals surface area contributed by atoms with E-state index < -0.39 is 0 Å². The number of benzene rings is 1. The fourth-order valence-corrected chi connectivity index (χ4v) is 2.70. The Morgan fingerprint density at radius 3 is 2.53 bits per heavy atom. The molecular formula is C15H18N2. The summed E-state index contributed by atoms with van der Waals surface area (Å²) in [5, 5.41) is 12.2. The third-order valence-corrected chi connectivity index (χ3v) is 3.49. The molecule has 0 amide bonds. The van der Waals surface area contributed by atoms with E-state index in [4.69, 9.17) is 5.26 Å². The molecule has 1 saturated carbocycles. The Morgan fingerprint density at radius 1 is 1.29 bits per heavy atom. The Kier molecular flexibility index (Phi) is 3.49. The summed E-state index contributed by atoms with van der Waals surface area (Å²) in [6, 6.07) is 12.7. The Hall–Kier alpha value is -1.75. The van der Waals surface area contributed by atoms with E-state index in [1.165, 1.54) is 18.4 Å². The van der Waals surface area contributed by atoms with Crippen molar-refractivity contribution in [2.75, 3.05) is 0 Å². The van der Waals surface area contributed by atoms with Gasteiger partial charge in [-0.15, -0.1) is 0 Å². The summed E-state index contributed by atoms with van der Waals surface area (Å²) in [5.74, 6) is 0. The maximum Gasteiger partial charge on any atom is 0.0743 e. The van der Waals surface area contributed by atoms with Crippen LogP contribution < -0.4 is 5.32 Å². The molecule has 0 bridgehead atoms. The fraction of sp³-hybridized carbons (Fsp3) is 0.400. The van der Waals surface area contributed by atoms with Gasteiger partial charge in [-0.25, -0.2) is 0 Å². The van der Waals surface area contributed by atoms with Crippen LogP contribution in [-0.2, 0) is 5.54 Å². The zero-order valence-corrected chi connectivity index (χ0v) is 10.1. The van der Waals surface area contributed by atoms with Crippen LogP contribution >= 0.6 is 0 Å². The van der Waals surface area contributed by atoms with E-state index >= 15 is 0 Å². The number of nitrogens with zero attached hydrogens (tertiary/aromatic N) is 1. The molecule has 17 heavy (non-hydrogen) atoms. The number of allylic oxidation sites excluding steroid dienone is 1. The second-order valence-electron chi connectivity index (χ2n) is 4.72. The van der Waals surface area contributed by atoms with Crippen LogP contribution in [0.1, 0.15) is 37.7 Å². The zero-order valence-electron chi connectivity index (χ0n) is 10.1. The Bertz CT molecular complexity index is 422. The molecule has 0 atom stereocenters. The molecule has 0 spiro atoms. The minimum atomic E-state index is 0.00912. The van der Waals surface area contributed by atoms with Crippen LogP contribution in [0.15, 0.2) is 42.6 Å². The van der Waals surface area contributed by atoms with Gasteiger partial charge in [-0.2, -0.15) is 5.26 Å². The lowest BCUT2D eigenvalue weighted by Gasteiger charge is -2.32. The average molecular weight is 226 g/mol. The van der Waals surface area contributed by atoms with Crippen LogP contribution in [-0.4, -0.2) is 0 Å². The van der Waals surface area contributed by atoms with Crippen molar-refractivity contribution in [3.63, 3.8) is 0 Å². The van der Waals surface area contributed by atoms with E-state index in [0.717, 1.165) is 18.5 Å². The quantitative estimate of drug-likeness (QED) is 0.853. The minimum Gasteiger partial charge on any atom is -0.378 e. The van der Waals surface area contributed by atoms with E-state index in [0.29, 0.717) is 6.42 Å². The highest BCUT2D eigenvalue weighted by molar-refractivity contribution is 5.27. The summed E-state index contributed by atoms with van der Waals surface area (Å²) in [5.41, 5.74) is 2.16. The van der Waals surface area contributed by atoms with Gasteiger partial charge in [-0.3, -0.25) is 0 Å². The smallest absolute Gasteiger partial charge is 0.0743 e. The monoisotopic (exact) mass is 226 g/mol. The van der Waals surface area contributed by atoms with Crippen LogP contribution in [0, 0.1) is 11.3 Å². The van der Waals surface area contributed by atoms with Gasteiger partial charge in [0, 0.05) is 5.70 Å². The van der Waals surface area contributed by atoms with Gasteiger partial charge in [0.05, 0.1) is 18.0 Å². The summed E-state index contributed by atoms with van der Waals surface area (Å²) in [6.45, 7) is 3.94. The molecule has 1 aliphatic carbocycles. The SMILES string of the molecule is C=C(CC#N)NC1(c2ccccc2)CCCC1. The molecule has 2 heteroatoms. The first kappa shape index (κ1) is 11.7. The van der Waals surface area contributed by atoms with Crippen molar-refractivity contribution in [1.82, 2.24) is 5.32 Å². The first-order valence-electron chi connectivity index (χ1n) is 6.15. The van der Waals surface area contributed by atoms with Gasteiger partial charge in [0.1, 0.15) is 0 Å². The van der Waals surface area contributed by atoms with Crippen LogP contribution in [0.2, 0.25) is 0 Å². The molecule has 2 nitrogen and oxygen atoms in total. The van der Waals surface area contributed by atoms with Gasteiger partial charge in [0.15, 0.2) is 0 Å². The van der Waals surface area contributed by atoms with Crippen LogP contribution in [0.4, 0.5) is 0 Å². The predicted octanol–water partition coefficient (Wildman–Crippen LogP) is 3.47. The molecule has 0 aliphatic heterocycles. The summed E-state index contributed by atoms with van der Waals surface area (Å²) in [4.78, 5) is 0. The molecule has 1 aromatic carbocycles. The molecule has 2 rings (SSSR count). The molecule has 88 valence electrons. The van der Waals surface area contributed by atoms with E-state index in [1.807, 2.05) is 6.07 Å². The third-order valence-electron chi connectivity index (χ3n) is 3.49. The topological polar surface area (TPSA) is 35.8 Å². The number of nitrogens with one attached hydrogen (secondary N) is 1. The van der Waals surface area contributed by atoms with Crippen molar-refractivity contribution in [1.29, 1.82) is 5.26 Å². The van der Waals surface area contributed by atoms with Gasteiger partial charge in [-0.1, -0.05) is 49.8 Å². The van der Waals surface area contributed by atoms with Gasteiger partial charge < -0.3 is 5.32 Å². The summed E-state index contributed by atoms with van der Waals surface area (Å²) >= 11 is 0. The van der Waals surface area contributed by atoms with Crippen molar-refractivity contribution in [3.8, 4) is 6.07 Å².